The molecule has 0 bridgehead atoms. The van der Waals surface area contributed by atoms with Gasteiger partial charge in [-0.15, -0.1) is 0 Å². The molecule has 1 amide bonds. The molecular weight excluding hydrogens is 282 g/mol. The Kier molecular flexibility index (Phi) is 4.96. The van der Waals surface area contributed by atoms with Gasteiger partial charge in [0, 0.05) is 29.2 Å². The SMILES string of the molecule is CC(C)CCNC(=O)Cn1ccc2c(C(N)=S)cccc21. The lowest BCUT2D eigenvalue weighted by molar-refractivity contribution is -0.121. The van der Waals surface area contributed by atoms with Gasteiger partial charge >= 0.3 is 0 Å². The lowest BCUT2D eigenvalue weighted by atomic mass is 10.1. The molecule has 0 radical (unpaired) electrons. The predicted molar refractivity (Wildman–Crippen MR) is 90.3 cm³/mol. The number of thiocarbonyl (C=S) groups is 1. The second kappa shape index (κ2) is 6.72. The molecule has 2 rings (SSSR count). The third kappa shape index (κ3) is 3.82. The van der Waals surface area contributed by atoms with E-state index in [1.54, 1.807) is 0 Å². The molecule has 5 heteroatoms. The van der Waals surface area contributed by atoms with Crippen molar-refractivity contribution >= 4 is 34.0 Å². The second-order valence-corrected chi connectivity index (χ2v) is 6.02. The van der Waals surface area contributed by atoms with Crippen molar-refractivity contribution in [3.8, 4) is 0 Å². The van der Waals surface area contributed by atoms with Crippen molar-refractivity contribution < 1.29 is 4.79 Å². The average molecular weight is 303 g/mol. The van der Waals surface area contributed by atoms with Crippen LogP contribution in [0.2, 0.25) is 0 Å². The highest BCUT2D eigenvalue weighted by molar-refractivity contribution is 7.80. The van der Waals surface area contributed by atoms with Gasteiger partial charge in [-0.1, -0.05) is 38.2 Å². The number of nitrogens with zero attached hydrogens (tertiary/aromatic N) is 1. The van der Waals surface area contributed by atoms with E-state index in [-0.39, 0.29) is 5.91 Å². The number of amides is 1. The summed E-state index contributed by atoms with van der Waals surface area (Å²) in [5.41, 5.74) is 7.55. The van der Waals surface area contributed by atoms with Crippen LogP contribution in [0, 0.1) is 5.92 Å². The molecule has 1 aromatic carbocycles. The van der Waals surface area contributed by atoms with Crippen molar-refractivity contribution in [1.82, 2.24) is 9.88 Å². The molecule has 0 aliphatic heterocycles. The fourth-order valence-electron chi connectivity index (χ4n) is 2.29. The summed E-state index contributed by atoms with van der Waals surface area (Å²) >= 11 is 5.06. The molecule has 0 spiro atoms. The predicted octanol–water partition coefficient (Wildman–Crippen LogP) is 2.44. The first kappa shape index (κ1) is 15.5. The van der Waals surface area contributed by atoms with E-state index in [0.29, 0.717) is 24.0 Å². The number of carbonyl (C=O) groups excluding carboxylic acids is 1. The molecule has 0 atom stereocenters. The number of benzene rings is 1. The Bertz CT molecular complexity index is 661. The molecule has 1 heterocycles. The van der Waals surface area contributed by atoms with Crippen LogP contribution in [0.4, 0.5) is 0 Å². The summed E-state index contributed by atoms with van der Waals surface area (Å²) in [6.07, 6.45) is 2.89. The molecule has 0 aliphatic rings. The molecule has 4 nitrogen and oxygen atoms in total. The highest BCUT2D eigenvalue weighted by Crippen LogP contribution is 2.20. The number of fused-ring (bicyclic) bond motifs is 1. The van der Waals surface area contributed by atoms with Crippen LogP contribution in [0.15, 0.2) is 30.5 Å². The first-order valence-corrected chi connectivity index (χ1v) is 7.54. The zero-order chi connectivity index (χ0) is 15.4. The largest absolute Gasteiger partial charge is 0.389 e. The number of aromatic nitrogens is 1. The van der Waals surface area contributed by atoms with E-state index in [2.05, 4.69) is 19.2 Å². The molecule has 112 valence electrons. The second-order valence-electron chi connectivity index (χ2n) is 5.58. The topological polar surface area (TPSA) is 60.0 Å². The van der Waals surface area contributed by atoms with Crippen molar-refractivity contribution in [3.05, 3.63) is 36.0 Å². The van der Waals surface area contributed by atoms with Crippen LogP contribution in [0.3, 0.4) is 0 Å². The van der Waals surface area contributed by atoms with Crippen LogP contribution in [0.1, 0.15) is 25.8 Å². The summed E-state index contributed by atoms with van der Waals surface area (Å²) in [5.74, 6) is 0.611. The van der Waals surface area contributed by atoms with E-state index in [1.807, 2.05) is 35.0 Å². The zero-order valence-corrected chi connectivity index (χ0v) is 13.2. The van der Waals surface area contributed by atoms with Gasteiger partial charge < -0.3 is 15.6 Å². The number of rotatable bonds is 6. The molecule has 0 fully saturated rings. The van der Waals surface area contributed by atoms with Gasteiger partial charge in [-0.25, -0.2) is 0 Å². The van der Waals surface area contributed by atoms with Crippen molar-refractivity contribution in [1.29, 1.82) is 0 Å². The monoisotopic (exact) mass is 303 g/mol. The molecule has 0 aliphatic carbocycles. The van der Waals surface area contributed by atoms with E-state index in [0.717, 1.165) is 22.9 Å². The van der Waals surface area contributed by atoms with E-state index in [9.17, 15) is 4.79 Å². The number of carbonyl (C=O) groups is 1. The van der Waals surface area contributed by atoms with Gasteiger partial charge in [-0.2, -0.15) is 0 Å². The van der Waals surface area contributed by atoms with Gasteiger partial charge in [0.2, 0.25) is 5.91 Å². The molecule has 3 N–H and O–H groups in total. The zero-order valence-electron chi connectivity index (χ0n) is 12.4. The van der Waals surface area contributed by atoms with Gasteiger partial charge in [0.1, 0.15) is 11.5 Å². The maximum Gasteiger partial charge on any atom is 0.239 e. The summed E-state index contributed by atoms with van der Waals surface area (Å²) in [5, 5.41) is 3.93. The number of nitrogens with two attached hydrogens (primary N) is 1. The highest BCUT2D eigenvalue weighted by atomic mass is 32.1. The molecule has 1 aromatic heterocycles. The first-order chi connectivity index (χ1) is 9.99. The Morgan fingerprint density at radius 2 is 2.14 bits per heavy atom. The normalized spacial score (nSPS) is 11.0. The molecular formula is C16H21N3OS. The lowest BCUT2D eigenvalue weighted by Gasteiger charge is -2.09. The molecule has 0 unspecified atom stereocenters. The Morgan fingerprint density at radius 3 is 2.81 bits per heavy atom. The summed E-state index contributed by atoms with van der Waals surface area (Å²) in [7, 11) is 0. The number of nitrogens with one attached hydrogen (secondary N) is 1. The average Bonchev–Trinajstić information content (AvgIpc) is 2.81. The van der Waals surface area contributed by atoms with Gasteiger partial charge in [-0.3, -0.25) is 4.79 Å². The Morgan fingerprint density at radius 1 is 1.38 bits per heavy atom. The van der Waals surface area contributed by atoms with E-state index in [1.165, 1.54) is 0 Å². The third-order valence-electron chi connectivity index (χ3n) is 3.44. The molecule has 2 aromatic rings. The summed E-state index contributed by atoms with van der Waals surface area (Å²) in [6.45, 7) is 5.31. The Balaban J connectivity index is 2.11. The Labute approximate surface area is 130 Å². The van der Waals surface area contributed by atoms with Crippen LogP contribution < -0.4 is 11.1 Å². The lowest BCUT2D eigenvalue weighted by Crippen LogP contribution is -2.28. The standard InChI is InChI=1S/C16H21N3OS/c1-11(2)6-8-18-15(20)10-19-9-7-12-13(16(17)21)4-3-5-14(12)19/h3-5,7,9,11H,6,8,10H2,1-2H3,(H2,17,21)(H,18,20). The van der Waals surface area contributed by atoms with Crippen LogP contribution in [0.5, 0.6) is 0 Å². The summed E-state index contributed by atoms with van der Waals surface area (Å²) < 4.78 is 1.92. The van der Waals surface area contributed by atoms with E-state index >= 15 is 0 Å². The molecule has 0 saturated heterocycles. The van der Waals surface area contributed by atoms with Crippen LogP contribution in [-0.2, 0) is 11.3 Å². The van der Waals surface area contributed by atoms with Crippen molar-refractivity contribution in [2.24, 2.45) is 11.7 Å². The number of hydrogen-bond acceptors (Lipinski definition) is 2. The Hall–Kier alpha value is -1.88. The molecule has 21 heavy (non-hydrogen) atoms. The molecule has 0 saturated carbocycles. The highest BCUT2D eigenvalue weighted by Gasteiger charge is 2.09. The van der Waals surface area contributed by atoms with Gasteiger partial charge in [0.15, 0.2) is 0 Å². The minimum Gasteiger partial charge on any atom is -0.389 e. The first-order valence-electron chi connectivity index (χ1n) is 7.13. The van der Waals surface area contributed by atoms with E-state index < -0.39 is 0 Å². The van der Waals surface area contributed by atoms with Crippen LogP contribution >= 0.6 is 12.2 Å². The fourth-order valence-corrected chi connectivity index (χ4v) is 2.47. The van der Waals surface area contributed by atoms with Crippen LogP contribution in [-0.4, -0.2) is 22.0 Å². The summed E-state index contributed by atoms with van der Waals surface area (Å²) in [6, 6.07) is 7.73. The van der Waals surface area contributed by atoms with E-state index in [4.69, 9.17) is 18.0 Å². The maximum absolute atomic E-state index is 12.0. The van der Waals surface area contributed by atoms with Gasteiger partial charge in [0.05, 0.1) is 0 Å². The minimum absolute atomic E-state index is 0.0221. The third-order valence-corrected chi connectivity index (χ3v) is 3.66. The van der Waals surface area contributed by atoms with Gasteiger partial charge in [0.25, 0.3) is 0 Å². The summed E-state index contributed by atoms with van der Waals surface area (Å²) in [4.78, 5) is 12.3. The maximum atomic E-state index is 12.0. The van der Waals surface area contributed by atoms with Crippen molar-refractivity contribution in [2.45, 2.75) is 26.8 Å². The van der Waals surface area contributed by atoms with Gasteiger partial charge in [-0.05, 0) is 24.5 Å². The smallest absolute Gasteiger partial charge is 0.239 e. The van der Waals surface area contributed by atoms with Crippen LogP contribution in [0.25, 0.3) is 10.9 Å². The fraction of sp³-hybridized carbons (Fsp3) is 0.375. The van der Waals surface area contributed by atoms with Crippen molar-refractivity contribution in [2.75, 3.05) is 6.54 Å². The van der Waals surface area contributed by atoms with Crippen molar-refractivity contribution in [3.63, 3.8) is 0 Å². The number of hydrogen-bond donors (Lipinski definition) is 2. The minimum atomic E-state index is 0.0221. The quantitative estimate of drug-likeness (QED) is 0.806.